The van der Waals surface area contributed by atoms with Gasteiger partial charge in [0.05, 0.1) is 6.61 Å². The summed E-state index contributed by atoms with van der Waals surface area (Å²) in [7, 11) is 0. The fraction of sp³-hybridized carbons (Fsp3) is 0.769. The maximum Gasteiger partial charge on any atom is 0.330 e. The van der Waals surface area contributed by atoms with E-state index in [1.54, 1.807) is 6.08 Å². The summed E-state index contributed by atoms with van der Waals surface area (Å²) in [5.41, 5.74) is 1.27. The molecule has 0 N–H and O–H groups in total. The van der Waals surface area contributed by atoms with Gasteiger partial charge in [-0.05, 0) is 44.4 Å². The Morgan fingerprint density at radius 2 is 2.07 bits per heavy atom. The number of hydrogen-bond acceptors (Lipinski definition) is 2. The molecule has 1 rings (SSSR count). The van der Waals surface area contributed by atoms with Crippen molar-refractivity contribution >= 4 is 5.97 Å². The zero-order valence-electron chi connectivity index (χ0n) is 10.1. The molecule has 0 aromatic rings. The van der Waals surface area contributed by atoms with Crippen LogP contribution < -0.4 is 0 Å². The van der Waals surface area contributed by atoms with Crippen LogP contribution in [0.3, 0.4) is 0 Å². The van der Waals surface area contributed by atoms with Crippen molar-refractivity contribution in [1.82, 2.24) is 0 Å². The average Bonchev–Trinajstić information content (AvgIpc) is 2.18. The number of rotatable bonds is 3. The van der Waals surface area contributed by atoms with E-state index in [0.717, 1.165) is 24.7 Å². The van der Waals surface area contributed by atoms with Crippen LogP contribution in [0.15, 0.2) is 11.6 Å². The van der Waals surface area contributed by atoms with E-state index in [1.807, 2.05) is 6.92 Å². The fourth-order valence-corrected chi connectivity index (χ4v) is 2.17. The van der Waals surface area contributed by atoms with Crippen LogP contribution in [0.1, 0.15) is 46.5 Å². The van der Waals surface area contributed by atoms with E-state index in [4.69, 9.17) is 4.74 Å². The third-order valence-electron chi connectivity index (χ3n) is 3.22. The average molecular weight is 210 g/mol. The van der Waals surface area contributed by atoms with Gasteiger partial charge in [0, 0.05) is 6.08 Å². The van der Waals surface area contributed by atoms with Crippen molar-refractivity contribution < 1.29 is 9.53 Å². The van der Waals surface area contributed by atoms with Crippen molar-refractivity contribution in [3.05, 3.63) is 11.6 Å². The molecule has 2 heteroatoms. The summed E-state index contributed by atoms with van der Waals surface area (Å²) >= 11 is 0. The quantitative estimate of drug-likeness (QED) is 0.527. The Balaban J connectivity index is 2.39. The number of ether oxygens (including phenoxy) is 1. The highest BCUT2D eigenvalue weighted by atomic mass is 16.5. The summed E-state index contributed by atoms with van der Waals surface area (Å²) < 4.78 is 4.90. The summed E-state index contributed by atoms with van der Waals surface area (Å²) in [6, 6.07) is 0. The van der Waals surface area contributed by atoms with Crippen LogP contribution in [0, 0.1) is 11.8 Å². The standard InChI is InChI=1S/C13H22O2/c1-4-15-13(14)9-11-5-7-12(8-6-11)10(2)3/h9-10,12H,4-8H2,1-3H3. The SMILES string of the molecule is CCOC(=O)C=C1CCC(C(C)C)CC1. The Morgan fingerprint density at radius 3 is 2.53 bits per heavy atom. The monoisotopic (exact) mass is 210 g/mol. The van der Waals surface area contributed by atoms with Gasteiger partial charge < -0.3 is 4.74 Å². The summed E-state index contributed by atoms with van der Waals surface area (Å²) in [6.45, 7) is 6.87. The molecule has 0 bridgehead atoms. The zero-order chi connectivity index (χ0) is 11.3. The molecule has 0 spiro atoms. The van der Waals surface area contributed by atoms with E-state index in [0.29, 0.717) is 6.61 Å². The van der Waals surface area contributed by atoms with E-state index < -0.39 is 0 Å². The largest absolute Gasteiger partial charge is 0.463 e. The number of esters is 1. The number of carbonyl (C=O) groups excluding carboxylic acids is 1. The van der Waals surface area contributed by atoms with Crippen molar-refractivity contribution in [1.29, 1.82) is 0 Å². The van der Waals surface area contributed by atoms with E-state index >= 15 is 0 Å². The normalized spacial score (nSPS) is 21.6. The lowest BCUT2D eigenvalue weighted by Gasteiger charge is -2.26. The van der Waals surface area contributed by atoms with Crippen LogP contribution in [0.25, 0.3) is 0 Å². The first-order valence-electron chi connectivity index (χ1n) is 5.99. The van der Waals surface area contributed by atoms with Gasteiger partial charge in [0.15, 0.2) is 0 Å². The molecule has 0 aromatic carbocycles. The second-order valence-corrected chi connectivity index (χ2v) is 4.64. The van der Waals surface area contributed by atoms with Gasteiger partial charge in [0.2, 0.25) is 0 Å². The third kappa shape index (κ3) is 4.06. The fourth-order valence-electron chi connectivity index (χ4n) is 2.17. The molecule has 0 amide bonds. The van der Waals surface area contributed by atoms with Gasteiger partial charge >= 0.3 is 5.97 Å². The number of allylic oxidation sites excluding steroid dienone is 1. The minimum Gasteiger partial charge on any atom is -0.463 e. The molecular formula is C13H22O2. The van der Waals surface area contributed by atoms with Crippen LogP contribution in [0.2, 0.25) is 0 Å². The van der Waals surface area contributed by atoms with Gasteiger partial charge in [0.25, 0.3) is 0 Å². The summed E-state index contributed by atoms with van der Waals surface area (Å²) in [5, 5.41) is 0. The highest BCUT2D eigenvalue weighted by molar-refractivity contribution is 5.82. The maximum atomic E-state index is 11.2. The Kier molecular flexibility index (Phi) is 4.86. The Labute approximate surface area is 92.7 Å². The van der Waals surface area contributed by atoms with Crippen LogP contribution >= 0.6 is 0 Å². The Bertz CT molecular complexity index is 231. The molecule has 1 saturated carbocycles. The summed E-state index contributed by atoms with van der Waals surface area (Å²) in [5.74, 6) is 1.44. The van der Waals surface area contributed by atoms with Crippen LogP contribution in [-0.2, 0) is 9.53 Å². The van der Waals surface area contributed by atoms with Crippen molar-refractivity contribution in [2.45, 2.75) is 46.5 Å². The van der Waals surface area contributed by atoms with Gasteiger partial charge in [-0.1, -0.05) is 19.4 Å². The van der Waals surface area contributed by atoms with Gasteiger partial charge in [-0.15, -0.1) is 0 Å². The molecule has 0 unspecified atom stereocenters. The van der Waals surface area contributed by atoms with Gasteiger partial charge in [-0.25, -0.2) is 4.79 Å². The molecule has 0 heterocycles. The Morgan fingerprint density at radius 1 is 1.47 bits per heavy atom. The van der Waals surface area contributed by atoms with E-state index in [9.17, 15) is 4.79 Å². The highest BCUT2D eigenvalue weighted by Gasteiger charge is 2.19. The molecule has 15 heavy (non-hydrogen) atoms. The predicted molar refractivity (Wildman–Crippen MR) is 61.5 cm³/mol. The molecule has 0 aromatic heterocycles. The topological polar surface area (TPSA) is 26.3 Å². The van der Waals surface area contributed by atoms with Crippen LogP contribution in [0.4, 0.5) is 0 Å². The first-order valence-corrected chi connectivity index (χ1v) is 5.99. The smallest absolute Gasteiger partial charge is 0.330 e. The molecule has 86 valence electrons. The first kappa shape index (κ1) is 12.3. The van der Waals surface area contributed by atoms with Crippen molar-refractivity contribution in [2.24, 2.45) is 11.8 Å². The minimum atomic E-state index is -0.171. The highest BCUT2D eigenvalue weighted by Crippen LogP contribution is 2.32. The predicted octanol–water partition coefficient (Wildman–Crippen LogP) is 3.32. The summed E-state index contributed by atoms with van der Waals surface area (Å²) in [4.78, 5) is 11.2. The lowest BCUT2D eigenvalue weighted by atomic mass is 9.79. The molecule has 1 aliphatic carbocycles. The van der Waals surface area contributed by atoms with Gasteiger partial charge in [-0.3, -0.25) is 0 Å². The molecule has 0 saturated heterocycles. The van der Waals surface area contributed by atoms with E-state index in [-0.39, 0.29) is 5.97 Å². The Hall–Kier alpha value is -0.790. The van der Waals surface area contributed by atoms with Crippen molar-refractivity contribution in [3.8, 4) is 0 Å². The van der Waals surface area contributed by atoms with E-state index in [1.165, 1.54) is 18.4 Å². The van der Waals surface area contributed by atoms with Gasteiger partial charge in [-0.2, -0.15) is 0 Å². The molecule has 1 aliphatic rings. The van der Waals surface area contributed by atoms with Crippen molar-refractivity contribution in [2.75, 3.05) is 6.61 Å². The second kappa shape index (κ2) is 5.94. The molecule has 1 fully saturated rings. The van der Waals surface area contributed by atoms with Gasteiger partial charge in [0.1, 0.15) is 0 Å². The molecule has 0 aliphatic heterocycles. The minimum absolute atomic E-state index is 0.171. The summed E-state index contributed by atoms with van der Waals surface area (Å²) in [6.07, 6.45) is 6.29. The first-order chi connectivity index (χ1) is 7.13. The van der Waals surface area contributed by atoms with E-state index in [2.05, 4.69) is 13.8 Å². The molecular weight excluding hydrogens is 188 g/mol. The van der Waals surface area contributed by atoms with Crippen LogP contribution in [0.5, 0.6) is 0 Å². The third-order valence-corrected chi connectivity index (χ3v) is 3.22. The zero-order valence-corrected chi connectivity index (χ0v) is 10.1. The second-order valence-electron chi connectivity index (χ2n) is 4.64. The lowest BCUT2D eigenvalue weighted by molar-refractivity contribution is -0.137. The number of carbonyl (C=O) groups is 1. The molecule has 0 atom stereocenters. The number of hydrogen-bond donors (Lipinski definition) is 0. The molecule has 0 radical (unpaired) electrons. The van der Waals surface area contributed by atoms with Crippen LogP contribution in [-0.4, -0.2) is 12.6 Å². The lowest BCUT2D eigenvalue weighted by Crippen LogP contribution is -2.14. The maximum absolute atomic E-state index is 11.2. The molecule has 2 nitrogen and oxygen atoms in total. The van der Waals surface area contributed by atoms with Crippen molar-refractivity contribution in [3.63, 3.8) is 0 Å².